The number of cyclic esters (lactones) is 1. The summed E-state index contributed by atoms with van der Waals surface area (Å²) in [5.41, 5.74) is 3.01. The van der Waals surface area contributed by atoms with Crippen LogP contribution in [0, 0.1) is 0 Å². The summed E-state index contributed by atoms with van der Waals surface area (Å²) in [7, 11) is 0. The minimum Gasteiger partial charge on any atom is -0.485 e. The first-order valence-corrected chi connectivity index (χ1v) is 9.63. The van der Waals surface area contributed by atoms with Gasteiger partial charge in [-0.2, -0.15) is 0 Å². The van der Waals surface area contributed by atoms with E-state index in [2.05, 4.69) is 5.32 Å². The maximum atomic E-state index is 11.6. The van der Waals surface area contributed by atoms with Gasteiger partial charge in [0.25, 0.3) is 0 Å². The van der Waals surface area contributed by atoms with Gasteiger partial charge < -0.3 is 19.5 Å². The van der Waals surface area contributed by atoms with E-state index in [1.165, 1.54) is 0 Å². The fourth-order valence-electron chi connectivity index (χ4n) is 3.27. The summed E-state index contributed by atoms with van der Waals surface area (Å²) in [5, 5.41) is 2.77. The summed E-state index contributed by atoms with van der Waals surface area (Å²) in [6.45, 7) is 2.78. The second-order valence-corrected chi connectivity index (χ2v) is 7.01. The third-order valence-corrected chi connectivity index (χ3v) is 4.80. The fourth-order valence-corrected chi connectivity index (χ4v) is 3.27. The molecule has 4 rings (SSSR count). The van der Waals surface area contributed by atoms with Gasteiger partial charge in [0, 0.05) is 0 Å². The molecule has 5 heteroatoms. The van der Waals surface area contributed by atoms with Crippen LogP contribution in [0.25, 0.3) is 0 Å². The maximum absolute atomic E-state index is 11.6. The molecule has 0 unspecified atom stereocenters. The number of alkyl carbamates (subject to hydrolysis) is 1. The van der Waals surface area contributed by atoms with Crippen LogP contribution in [-0.4, -0.2) is 12.1 Å². The first-order valence-electron chi connectivity index (χ1n) is 9.63. The number of rotatable bonds is 7. The molecular formula is C24H23NO4. The van der Waals surface area contributed by atoms with Crippen molar-refractivity contribution in [2.75, 3.05) is 0 Å². The summed E-state index contributed by atoms with van der Waals surface area (Å²) in [6.07, 6.45) is -0.761. The molecule has 1 fully saturated rings. The molecule has 148 valence electrons. The van der Waals surface area contributed by atoms with Gasteiger partial charge in [-0.3, -0.25) is 0 Å². The highest BCUT2D eigenvalue weighted by Gasteiger charge is 2.32. The number of benzene rings is 3. The molecule has 1 N–H and O–H groups in total. The Morgan fingerprint density at radius 3 is 1.97 bits per heavy atom. The van der Waals surface area contributed by atoms with Gasteiger partial charge in [0.05, 0.1) is 6.04 Å². The normalized spacial score (nSPS) is 18.0. The molecule has 0 aromatic heterocycles. The zero-order valence-electron chi connectivity index (χ0n) is 16.2. The first kappa shape index (κ1) is 18.9. The molecule has 5 nitrogen and oxygen atoms in total. The highest BCUT2D eigenvalue weighted by Crippen LogP contribution is 2.35. The van der Waals surface area contributed by atoms with E-state index in [0.29, 0.717) is 24.7 Å². The van der Waals surface area contributed by atoms with E-state index >= 15 is 0 Å². The zero-order chi connectivity index (χ0) is 20.1. The third-order valence-electron chi connectivity index (χ3n) is 4.80. The third kappa shape index (κ3) is 4.69. The fraction of sp³-hybridized carbons (Fsp3) is 0.208. The molecule has 2 atom stereocenters. The Morgan fingerprint density at radius 2 is 1.41 bits per heavy atom. The van der Waals surface area contributed by atoms with Crippen LogP contribution in [0.1, 0.15) is 29.7 Å². The van der Waals surface area contributed by atoms with E-state index in [-0.39, 0.29) is 12.1 Å². The van der Waals surface area contributed by atoms with Gasteiger partial charge >= 0.3 is 6.09 Å². The second kappa shape index (κ2) is 8.69. The second-order valence-electron chi connectivity index (χ2n) is 7.01. The molecule has 0 spiro atoms. The van der Waals surface area contributed by atoms with Crippen molar-refractivity contribution in [3.63, 3.8) is 0 Å². The number of amides is 1. The quantitative estimate of drug-likeness (QED) is 0.617. The predicted octanol–water partition coefficient (Wildman–Crippen LogP) is 5.01. The molecule has 0 radical (unpaired) electrons. The van der Waals surface area contributed by atoms with Gasteiger partial charge in [0.2, 0.25) is 0 Å². The van der Waals surface area contributed by atoms with Crippen molar-refractivity contribution in [2.45, 2.75) is 32.3 Å². The van der Waals surface area contributed by atoms with Gasteiger partial charge in [-0.15, -0.1) is 0 Å². The molecule has 0 saturated carbocycles. The summed E-state index contributed by atoms with van der Waals surface area (Å²) >= 11 is 0. The van der Waals surface area contributed by atoms with E-state index < -0.39 is 6.09 Å². The SMILES string of the molecule is C[C@@H]1NC(=O)O[C@@H]1c1ccc(OCc2ccccc2)c(OCc2ccccc2)c1. The van der Waals surface area contributed by atoms with Crippen LogP contribution in [0.2, 0.25) is 0 Å². The lowest BCUT2D eigenvalue weighted by Gasteiger charge is -2.18. The summed E-state index contributed by atoms with van der Waals surface area (Å²) < 4.78 is 17.5. The van der Waals surface area contributed by atoms with Crippen molar-refractivity contribution in [3.05, 3.63) is 95.6 Å². The molecule has 1 aliphatic heterocycles. The average molecular weight is 389 g/mol. The van der Waals surface area contributed by atoms with Crippen molar-refractivity contribution in [1.82, 2.24) is 5.32 Å². The Hall–Kier alpha value is -3.47. The van der Waals surface area contributed by atoms with Crippen LogP contribution in [0.5, 0.6) is 11.5 Å². The summed E-state index contributed by atoms with van der Waals surface area (Å²) in [6, 6.07) is 25.5. The lowest BCUT2D eigenvalue weighted by atomic mass is 10.0. The Bertz CT molecular complexity index is 959. The predicted molar refractivity (Wildman–Crippen MR) is 110 cm³/mol. The smallest absolute Gasteiger partial charge is 0.408 e. The summed E-state index contributed by atoms with van der Waals surface area (Å²) in [4.78, 5) is 11.6. The van der Waals surface area contributed by atoms with E-state index in [9.17, 15) is 4.79 Å². The molecule has 3 aromatic rings. The topological polar surface area (TPSA) is 56.8 Å². The van der Waals surface area contributed by atoms with Crippen LogP contribution in [0.15, 0.2) is 78.9 Å². The van der Waals surface area contributed by atoms with E-state index in [1.807, 2.05) is 85.8 Å². The molecule has 1 saturated heterocycles. The Kier molecular flexibility index (Phi) is 5.66. The Balaban J connectivity index is 1.56. The zero-order valence-corrected chi connectivity index (χ0v) is 16.2. The molecule has 0 bridgehead atoms. The lowest BCUT2D eigenvalue weighted by Crippen LogP contribution is -2.23. The Labute approximate surface area is 170 Å². The van der Waals surface area contributed by atoms with E-state index in [0.717, 1.165) is 16.7 Å². The number of hydrogen-bond acceptors (Lipinski definition) is 4. The molecule has 0 aliphatic carbocycles. The van der Waals surface area contributed by atoms with Crippen LogP contribution in [-0.2, 0) is 18.0 Å². The molecule has 29 heavy (non-hydrogen) atoms. The van der Waals surface area contributed by atoms with Gasteiger partial charge in [-0.25, -0.2) is 4.79 Å². The van der Waals surface area contributed by atoms with Crippen molar-refractivity contribution in [2.24, 2.45) is 0 Å². The molecule has 1 heterocycles. The van der Waals surface area contributed by atoms with Gasteiger partial charge in [0.15, 0.2) is 11.5 Å². The number of carbonyl (C=O) groups excluding carboxylic acids is 1. The van der Waals surface area contributed by atoms with Gasteiger partial charge in [-0.05, 0) is 35.7 Å². The van der Waals surface area contributed by atoms with Crippen molar-refractivity contribution in [3.8, 4) is 11.5 Å². The van der Waals surface area contributed by atoms with Crippen molar-refractivity contribution < 1.29 is 19.0 Å². The van der Waals surface area contributed by atoms with E-state index in [4.69, 9.17) is 14.2 Å². The van der Waals surface area contributed by atoms with Gasteiger partial charge in [-0.1, -0.05) is 66.7 Å². The van der Waals surface area contributed by atoms with Crippen LogP contribution < -0.4 is 14.8 Å². The van der Waals surface area contributed by atoms with Crippen LogP contribution in [0.3, 0.4) is 0 Å². The monoisotopic (exact) mass is 389 g/mol. The standard InChI is InChI=1S/C24H23NO4/c1-17-23(29-24(26)25-17)20-12-13-21(27-15-18-8-4-2-5-9-18)22(14-20)28-16-19-10-6-3-7-11-19/h2-14,17,23H,15-16H2,1H3,(H,25,26)/t17-,23-/m0/s1. The highest BCUT2D eigenvalue weighted by molar-refractivity contribution is 5.70. The average Bonchev–Trinajstić information content (AvgIpc) is 3.10. The number of ether oxygens (including phenoxy) is 3. The highest BCUT2D eigenvalue weighted by atomic mass is 16.6. The number of hydrogen-bond donors (Lipinski definition) is 1. The molecule has 3 aromatic carbocycles. The van der Waals surface area contributed by atoms with Crippen LogP contribution >= 0.6 is 0 Å². The largest absolute Gasteiger partial charge is 0.485 e. The lowest BCUT2D eigenvalue weighted by molar-refractivity contribution is 0.133. The summed E-state index contributed by atoms with van der Waals surface area (Å²) in [5.74, 6) is 1.27. The van der Waals surface area contributed by atoms with E-state index in [1.54, 1.807) is 0 Å². The maximum Gasteiger partial charge on any atom is 0.408 e. The minimum atomic E-state index is -0.404. The first-order chi connectivity index (χ1) is 14.2. The van der Waals surface area contributed by atoms with Crippen molar-refractivity contribution >= 4 is 6.09 Å². The Morgan fingerprint density at radius 1 is 0.828 bits per heavy atom. The molecule has 1 amide bonds. The minimum absolute atomic E-state index is 0.111. The van der Waals surface area contributed by atoms with Crippen LogP contribution in [0.4, 0.5) is 4.79 Å². The molecular weight excluding hydrogens is 366 g/mol. The number of carbonyl (C=O) groups is 1. The molecule has 1 aliphatic rings. The van der Waals surface area contributed by atoms with Gasteiger partial charge in [0.1, 0.15) is 19.3 Å². The van der Waals surface area contributed by atoms with Crippen molar-refractivity contribution in [1.29, 1.82) is 0 Å². The number of nitrogens with one attached hydrogen (secondary N) is 1.